The van der Waals surface area contributed by atoms with Gasteiger partial charge in [-0.15, -0.1) is 0 Å². The SMILES string of the molecule is O=C(CC1COCCN1)Nc1ccc2c3c(cccc13)CC2. The first-order valence-corrected chi connectivity index (χ1v) is 7.96. The van der Waals surface area contributed by atoms with E-state index in [1.165, 1.54) is 16.5 Å². The minimum atomic E-state index is 0.0432. The molecule has 1 amide bonds. The molecule has 4 heteroatoms. The van der Waals surface area contributed by atoms with Crippen LogP contribution in [0.2, 0.25) is 0 Å². The lowest BCUT2D eigenvalue weighted by Crippen LogP contribution is -2.43. The molecule has 1 saturated heterocycles. The van der Waals surface area contributed by atoms with Crippen molar-refractivity contribution < 1.29 is 9.53 Å². The van der Waals surface area contributed by atoms with Gasteiger partial charge in [0.15, 0.2) is 0 Å². The number of hydrogen-bond acceptors (Lipinski definition) is 3. The van der Waals surface area contributed by atoms with Crippen LogP contribution < -0.4 is 10.6 Å². The van der Waals surface area contributed by atoms with E-state index in [4.69, 9.17) is 4.74 Å². The molecule has 1 aliphatic carbocycles. The van der Waals surface area contributed by atoms with Crippen molar-refractivity contribution in [1.82, 2.24) is 5.32 Å². The predicted molar refractivity (Wildman–Crippen MR) is 87.2 cm³/mol. The number of carbonyl (C=O) groups is 1. The van der Waals surface area contributed by atoms with Gasteiger partial charge in [0.1, 0.15) is 0 Å². The third-order valence-corrected chi connectivity index (χ3v) is 4.58. The number of hydrogen-bond donors (Lipinski definition) is 2. The standard InChI is InChI=1S/C18H20N2O2/c21-17(10-14-11-22-9-8-19-14)20-16-7-6-13-5-4-12-2-1-3-15(16)18(12)13/h1-3,6-7,14,19H,4-5,8-11H2,(H,20,21). The van der Waals surface area contributed by atoms with Crippen LogP contribution in [0.15, 0.2) is 30.3 Å². The maximum absolute atomic E-state index is 12.3. The van der Waals surface area contributed by atoms with Crippen molar-refractivity contribution in [3.05, 3.63) is 41.5 Å². The van der Waals surface area contributed by atoms with Crippen molar-refractivity contribution in [3.63, 3.8) is 0 Å². The lowest BCUT2D eigenvalue weighted by molar-refractivity contribution is -0.117. The van der Waals surface area contributed by atoms with E-state index in [1.807, 2.05) is 6.07 Å². The molecule has 0 bridgehead atoms. The van der Waals surface area contributed by atoms with Crippen molar-refractivity contribution in [1.29, 1.82) is 0 Å². The fourth-order valence-electron chi connectivity index (χ4n) is 3.53. The van der Waals surface area contributed by atoms with E-state index in [0.717, 1.165) is 37.1 Å². The number of carbonyl (C=O) groups excluding carboxylic acids is 1. The van der Waals surface area contributed by atoms with Gasteiger partial charge in [0.2, 0.25) is 5.91 Å². The molecule has 0 radical (unpaired) electrons. The number of aryl methyl sites for hydroxylation is 2. The summed E-state index contributed by atoms with van der Waals surface area (Å²) in [5.74, 6) is 0.0432. The molecule has 0 aromatic heterocycles. The first-order chi connectivity index (χ1) is 10.8. The highest BCUT2D eigenvalue weighted by Crippen LogP contribution is 2.35. The molecule has 1 fully saturated rings. The van der Waals surface area contributed by atoms with E-state index < -0.39 is 0 Å². The topological polar surface area (TPSA) is 50.4 Å². The Bertz CT molecular complexity index is 710. The zero-order chi connectivity index (χ0) is 14.9. The molecular weight excluding hydrogens is 276 g/mol. The molecule has 2 aromatic rings. The Morgan fingerprint density at radius 3 is 2.91 bits per heavy atom. The highest BCUT2D eigenvalue weighted by Gasteiger charge is 2.19. The smallest absolute Gasteiger partial charge is 0.226 e. The second-order valence-corrected chi connectivity index (χ2v) is 6.09. The van der Waals surface area contributed by atoms with E-state index in [1.54, 1.807) is 0 Å². The number of rotatable bonds is 3. The van der Waals surface area contributed by atoms with Gasteiger partial charge in [-0.25, -0.2) is 0 Å². The first kappa shape index (κ1) is 13.7. The summed E-state index contributed by atoms with van der Waals surface area (Å²) < 4.78 is 5.40. The van der Waals surface area contributed by atoms with Crippen LogP contribution in [-0.4, -0.2) is 31.7 Å². The maximum atomic E-state index is 12.3. The van der Waals surface area contributed by atoms with Gasteiger partial charge >= 0.3 is 0 Å². The van der Waals surface area contributed by atoms with Crippen LogP contribution in [0, 0.1) is 0 Å². The summed E-state index contributed by atoms with van der Waals surface area (Å²) in [6, 6.07) is 10.7. The van der Waals surface area contributed by atoms with Crippen LogP contribution in [0.5, 0.6) is 0 Å². The second-order valence-electron chi connectivity index (χ2n) is 6.09. The molecule has 1 unspecified atom stereocenters. The quantitative estimate of drug-likeness (QED) is 0.913. The van der Waals surface area contributed by atoms with E-state index in [-0.39, 0.29) is 11.9 Å². The molecule has 22 heavy (non-hydrogen) atoms. The van der Waals surface area contributed by atoms with E-state index in [0.29, 0.717) is 13.0 Å². The van der Waals surface area contributed by atoms with Gasteiger partial charge in [0, 0.05) is 30.1 Å². The highest BCUT2D eigenvalue weighted by atomic mass is 16.5. The predicted octanol–water partition coefficient (Wildman–Crippen LogP) is 2.26. The molecular formula is C18H20N2O2. The summed E-state index contributed by atoms with van der Waals surface area (Å²) in [4.78, 5) is 12.3. The van der Waals surface area contributed by atoms with Gasteiger partial charge in [0.25, 0.3) is 0 Å². The van der Waals surface area contributed by atoms with Crippen LogP contribution in [0.3, 0.4) is 0 Å². The Labute approximate surface area is 129 Å². The summed E-state index contributed by atoms with van der Waals surface area (Å²) in [5, 5.41) is 8.89. The molecule has 1 heterocycles. The van der Waals surface area contributed by atoms with Gasteiger partial charge in [0.05, 0.1) is 13.2 Å². The van der Waals surface area contributed by atoms with E-state index >= 15 is 0 Å². The molecule has 114 valence electrons. The molecule has 2 aliphatic rings. The minimum Gasteiger partial charge on any atom is -0.378 e. The van der Waals surface area contributed by atoms with E-state index in [2.05, 4.69) is 34.9 Å². The zero-order valence-corrected chi connectivity index (χ0v) is 12.5. The Hall–Kier alpha value is -1.91. The van der Waals surface area contributed by atoms with Crippen molar-refractivity contribution in [2.24, 2.45) is 0 Å². The molecule has 1 aliphatic heterocycles. The normalized spacial score (nSPS) is 20.3. The summed E-state index contributed by atoms with van der Waals surface area (Å²) >= 11 is 0. The summed E-state index contributed by atoms with van der Waals surface area (Å²) in [6.45, 7) is 2.16. The van der Waals surface area contributed by atoms with Gasteiger partial charge < -0.3 is 15.4 Å². The minimum absolute atomic E-state index is 0.0432. The number of anilines is 1. The van der Waals surface area contributed by atoms with Crippen molar-refractivity contribution in [2.75, 3.05) is 25.1 Å². The fraction of sp³-hybridized carbons (Fsp3) is 0.389. The molecule has 0 saturated carbocycles. The molecule has 0 spiro atoms. The summed E-state index contributed by atoms with van der Waals surface area (Å²) in [6.07, 6.45) is 2.66. The average Bonchev–Trinajstić information content (AvgIpc) is 2.96. The summed E-state index contributed by atoms with van der Waals surface area (Å²) in [5.41, 5.74) is 3.71. The number of morpholine rings is 1. The monoisotopic (exact) mass is 296 g/mol. The van der Waals surface area contributed by atoms with Crippen LogP contribution in [-0.2, 0) is 22.4 Å². The molecule has 2 aromatic carbocycles. The number of ether oxygens (including phenoxy) is 1. The first-order valence-electron chi connectivity index (χ1n) is 7.96. The van der Waals surface area contributed by atoms with Gasteiger partial charge in [-0.1, -0.05) is 24.3 Å². The summed E-state index contributed by atoms with van der Waals surface area (Å²) in [7, 11) is 0. The van der Waals surface area contributed by atoms with Crippen LogP contribution in [0.1, 0.15) is 17.5 Å². The Morgan fingerprint density at radius 1 is 1.23 bits per heavy atom. The van der Waals surface area contributed by atoms with Gasteiger partial charge in [-0.2, -0.15) is 0 Å². The lowest BCUT2D eigenvalue weighted by atomic mass is 10.0. The van der Waals surface area contributed by atoms with Crippen molar-refractivity contribution >= 4 is 22.4 Å². The third-order valence-electron chi connectivity index (χ3n) is 4.58. The largest absolute Gasteiger partial charge is 0.378 e. The lowest BCUT2D eigenvalue weighted by Gasteiger charge is -2.23. The number of nitrogens with one attached hydrogen (secondary N) is 2. The van der Waals surface area contributed by atoms with Crippen molar-refractivity contribution in [2.45, 2.75) is 25.3 Å². The Balaban J connectivity index is 1.56. The van der Waals surface area contributed by atoms with Gasteiger partial charge in [-0.3, -0.25) is 4.79 Å². The number of amides is 1. The second kappa shape index (κ2) is 5.71. The van der Waals surface area contributed by atoms with Crippen molar-refractivity contribution in [3.8, 4) is 0 Å². The number of benzene rings is 2. The maximum Gasteiger partial charge on any atom is 0.226 e. The Kier molecular flexibility index (Phi) is 3.56. The Morgan fingerprint density at radius 2 is 2.09 bits per heavy atom. The van der Waals surface area contributed by atoms with Crippen LogP contribution >= 0.6 is 0 Å². The van der Waals surface area contributed by atoms with Gasteiger partial charge in [-0.05, 0) is 35.4 Å². The molecule has 4 nitrogen and oxygen atoms in total. The highest BCUT2D eigenvalue weighted by molar-refractivity contribution is 6.05. The average molecular weight is 296 g/mol. The van der Waals surface area contributed by atoms with Crippen LogP contribution in [0.25, 0.3) is 10.8 Å². The molecule has 4 rings (SSSR count). The third kappa shape index (κ3) is 2.49. The fourth-order valence-corrected chi connectivity index (χ4v) is 3.53. The van der Waals surface area contributed by atoms with Crippen LogP contribution in [0.4, 0.5) is 5.69 Å². The zero-order valence-electron chi connectivity index (χ0n) is 12.5. The molecule has 1 atom stereocenters. The van der Waals surface area contributed by atoms with E-state index in [9.17, 15) is 4.79 Å². The molecule has 2 N–H and O–H groups in total.